The van der Waals surface area contributed by atoms with Crippen molar-refractivity contribution in [1.29, 1.82) is 0 Å². The summed E-state index contributed by atoms with van der Waals surface area (Å²) >= 11 is 0. The Bertz CT molecular complexity index is 1230. The van der Waals surface area contributed by atoms with Crippen molar-refractivity contribution in [3.05, 3.63) is 80.2 Å². The van der Waals surface area contributed by atoms with Gasteiger partial charge in [0.25, 0.3) is 0 Å². The molecule has 0 radical (unpaired) electrons. The Morgan fingerprint density at radius 3 is 2.63 bits per heavy atom. The minimum Gasteiger partial charge on any atom is -0.339 e. The van der Waals surface area contributed by atoms with Crippen molar-refractivity contribution >= 4 is 11.0 Å². The van der Waals surface area contributed by atoms with Crippen molar-refractivity contribution in [1.82, 2.24) is 19.7 Å². The zero-order valence-corrected chi connectivity index (χ0v) is 15.0. The molecule has 27 heavy (non-hydrogen) atoms. The van der Waals surface area contributed by atoms with Gasteiger partial charge >= 0.3 is 11.1 Å². The highest BCUT2D eigenvalue weighted by atomic mass is 16.5. The van der Waals surface area contributed by atoms with Crippen molar-refractivity contribution in [2.45, 2.75) is 26.8 Å². The van der Waals surface area contributed by atoms with Crippen molar-refractivity contribution < 1.29 is 4.52 Å². The van der Waals surface area contributed by atoms with Gasteiger partial charge in [0.1, 0.15) is 0 Å². The quantitative estimate of drug-likeness (QED) is 0.563. The van der Waals surface area contributed by atoms with Crippen LogP contribution in [-0.2, 0) is 13.0 Å². The Morgan fingerprint density at radius 2 is 1.89 bits per heavy atom. The monoisotopic (exact) mass is 362 g/mol. The maximum Gasteiger partial charge on any atom is 0.316 e. The van der Waals surface area contributed by atoms with Gasteiger partial charge in [0.2, 0.25) is 11.7 Å². The summed E-state index contributed by atoms with van der Waals surface area (Å²) in [5, 5.41) is 4.04. The Kier molecular flexibility index (Phi) is 4.19. The molecule has 0 saturated heterocycles. The number of benzene rings is 2. The molecular formula is C20H18N4O3. The summed E-state index contributed by atoms with van der Waals surface area (Å²) in [5.41, 5.74) is 3.01. The van der Waals surface area contributed by atoms with E-state index in [0.29, 0.717) is 41.3 Å². The SMILES string of the molecule is CCn1c(=O)c(=O)[nH]c2cc(-c3noc(Cc4ccc(C)cc4)n3)ccc21. The molecule has 7 heteroatoms. The fourth-order valence-electron chi connectivity index (χ4n) is 3.06. The van der Waals surface area contributed by atoms with Crippen molar-refractivity contribution in [3.8, 4) is 11.4 Å². The summed E-state index contributed by atoms with van der Waals surface area (Å²) in [6, 6.07) is 13.5. The van der Waals surface area contributed by atoms with Gasteiger partial charge in [-0.1, -0.05) is 35.0 Å². The summed E-state index contributed by atoms with van der Waals surface area (Å²) < 4.78 is 6.81. The molecule has 0 bridgehead atoms. The third kappa shape index (κ3) is 3.19. The topological polar surface area (TPSA) is 93.8 Å². The Morgan fingerprint density at radius 1 is 1.11 bits per heavy atom. The molecule has 2 aromatic heterocycles. The Balaban J connectivity index is 1.69. The van der Waals surface area contributed by atoms with E-state index in [1.165, 1.54) is 10.1 Å². The zero-order chi connectivity index (χ0) is 19.0. The molecule has 136 valence electrons. The van der Waals surface area contributed by atoms with Crippen LogP contribution >= 0.6 is 0 Å². The van der Waals surface area contributed by atoms with Crippen molar-refractivity contribution in [2.24, 2.45) is 0 Å². The second-order valence-corrected chi connectivity index (χ2v) is 6.41. The van der Waals surface area contributed by atoms with Gasteiger partial charge in [-0.3, -0.25) is 9.59 Å². The molecule has 2 heterocycles. The molecule has 2 aromatic carbocycles. The third-order valence-electron chi connectivity index (χ3n) is 4.49. The predicted octanol–water partition coefficient (Wildman–Crippen LogP) is 2.66. The normalized spacial score (nSPS) is 11.2. The molecule has 0 saturated carbocycles. The molecule has 0 spiro atoms. The number of H-pyrrole nitrogens is 1. The van der Waals surface area contributed by atoms with E-state index >= 15 is 0 Å². The van der Waals surface area contributed by atoms with E-state index in [9.17, 15) is 9.59 Å². The zero-order valence-electron chi connectivity index (χ0n) is 15.0. The maximum atomic E-state index is 11.9. The molecule has 0 aliphatic rings. The van der Waals surface area contributed by atoms with Crippen LogP contribution in [0.2, 0.25) is 0 Å². The van der Waals surface area contributed by atoms with Crippen LogP contribution in [0.5, 0.6) is 0 Å². The first-order valence-electron chi connectivity index (χ1n) is 8.70. The minimum atomic E-state index is -0.644. The van der Waals surface area contributed by atoms with Crippen LogP contribution in [0.3, 0.4) is 0 Å². The molecule has 0 aliphatic heterocycles. The molecule has 4 aromatic rings. The lowest BCUT2D eigenvalue weighted by molar-refractivity contribution is 0.385. The molecule has 0 amide bonds. The third-order valence-corrected chi connectivity index (χ3v) is 4.49. The van der Waals surface area contributed by atoms with Crippen molar-refractivity contribution in [2.75, 3.05) is 0 Å². The Labute approximate surface area is 154 Å². The Hall–Kier alpha value is -3.48. The lowest BCUT2D eigenvalue weighted by Gasteiger charge is -2.07. The van der Waals surface area contributed by atoms with E-state index in [1.807, 2.05) is 44.2 Å². The highest BCUT2D eigenvalue weighted by molar-refractivity contribution is 5.80. The van der Waals surface area contributed by atoms with E-state index in [-0.39, 0.29) is 0 Å². The van der Waals surface area contributed by atoms with E-state index < -0.39 is 11.1 Å². The number of nitrogens with one attached hydrogen (secondary N) is 1. The summed E-state index contributed by atoms with van der Waals surface area (Å²) in [5.74, 6) is 0.954. The molecule has 4 rings (SSSR count). The fraction of sp³-hybridized carbons (Fsp3) is 0.200. The van der Waals surface area contributed by atoms with E-state index in [2.05, 4.69) is 15.1 Å². The van der Waals surface area contributed by atoms with Crippen LogP contribution in [0.4, 0.5) is 0 Å². The van der Waals surface area contributed by atoms with Gasteiger partial charge in [0.05, 0.1) is 17.5 Å². The predicted molar refractivity (Wildman–Crippen MR) is 102 cm³/mol. The van der Waals surface area contributed by atoms with Crippen LogP contribution in [-0.4, -0.2) is 19.7 Å². The van der Waals surface area contributed by atoms with E-state index in [4.69, 9.17) is 4.52 Å². The highest BCUT2D eigenvalue weighted by Crippen LogP contribution is 2.21. The van der Waals surface area contributed by atoms with Gasteiger partial charge in [-0.2, -0.15) is 4.98 Å². The molecule has 0 atom stereocenters. The largest absolute Gasteiger partial charge is 0.339 e. The van der Waals surface area contributed by atoms with Gasteiger partial charge in [0, 0.05) is 12.1 Å². The van der Waals surface area contributed by atoms with Crippen LogP contribution in [0.15, 0.2) is 56.6 Å². The number of aromatic amines is 1. The first-order chi connectivity index (χ1) is 13.0. The van der Waals surface area contributed by atoms with Crippen LogP contribution in [0.25, 0.3) is 22.4 Å². The van der Waals surface area contributed by atoms with Gasteiger partial charge in [-0.25, -0.2) is 0 Å². The summed E-state index contributed by atoms with van der Waals surface area (Å²) in [6.07, 6.45) is 0.549. The average molecular weight is 362 g/mol. The smallest absolute Gasteiger partial charge is 0.316 e. The molecule has 0 aliphatic carbocycles. The summed E-state index contributed by atoms with van der Waals surface area (Å²) in [7, 11) is 0. The second-order valence-electron chi connectivity index (χ2n) is 6.41. The number of aromatic nitrogens is 4. The summed E-state index contributed by atoms with van der Waals surface area (Å²) in [4.78, 5) is 30.9. The maximum absolute atomic E-state index is 11.9. The lowest BCUT2D eigenvalue weighted by Crippen LogP contribution is -2.35. The number of fused-ring (bicyclic) bond motifs is 1. The van der Waals surface area contributed by atoms with E-state index in [0.717, 1.165) is 5.56 Å². The first kappa shape index (κ1) is 17.0. The second kappa shape index (κ2) is 6.68. The van der Waals surface area contributed by atoms with Crippen LogP contribution in [0, 0.1) is 6.92 Å². The summed E-state index contributed by atoms with van der Waals surface area (Å²) in [6.45, 7) is 4.28. The van der Waals surface area contributed by atoms with E-state index in [1.54, 1.807) is 12.1 Å². The number of nitrogens with zero attached hydrogens (tertiary/aromatic N) is 3. The number of rotatable bonds is 4. The van der Waals surface area contributed by atoms with Gasteiger partial charge < -0.3 is 14.1 Å². The molecule has 1 N–H and O–H groups in total. The van der Waals surface area contributed by atoms with Crippen LogP contribution < -0.4 is 11.1 Å². The molecule has 0 fully saturated rings. The van der Waals surface area contributed by atoms with Gasteiger partial charge in [0.15, 0.2) is 0 Å². The van der Waals surface area contributed by atoms with Gasteiger partial charge in [-0.05, 0) is 37.6 Å². The fourth-order valence-corrected chi connectivity index (χ4v) is 3.06. The van der Waals surface area contributed by atoms with Gasteiger partial charge in [-0.15, -0.1) is 0 Å². The number of aryl methyl sites for hydroxylation is 2. The first-order valence-corrected chi connectivity index (χ1v) is 8.70. The number of hydrogen-bond acceptors (Lipinski definition) is 5. The number of hydrogen-bond donors (Lipinski definition) is 1. The van der Waals surface area contributed by atoms with Crippen molar-refractivity contribution in [3.63, 3.8) is 0 Å². The molecule has 7 nitrogen and oxygen atoms in total. The highest BCUT2D eigenvalue weighted by Gasteiger charge is 2.12. The van der Waals surface area contributed by atoms with Crippen LogP contribution in [0.1, 0.15) is 23.9 Å². The average Bonchev–Trinajstić information content (AvgIpc) is 3.13. The standard InChI is InChI=1S/C20H18N4O3/c1-3-24-16-9-8-14(11-15(16)21-19(25)20(24)26)18-22-17(27-23-18)10-13-6-4-12(2)5-7-13/h4-9,11H,3,10H2,1-2H3,(H,21,25). The molecular weight excluding hydrogens is 344 g/mol. The molecule has 0 unspecified atom stereocenters. The minimum absolute atomic E-state index is 0.418. The lowest BCUT2D eigenvalue weighted by atomic mass is 10.1.